The Labute approximate surface area is 227 Å². The number of nitrogens with one attached hydrogen (secondary N) is 1. The first kappa shape index (κ1) is 28.1. The number of methoxy groups -OCH3 is 1. The highest BCUT2D eigenvalue weighted by molar-refractivity contribution is 7.89. The van der Waals surface area contributed by atoms with Crippen molar-refractivity contribution in [1.29, 1.82) is 0 Å². The van der Waals surface area contributed by atoms with Gasteiger partial charge in [0.15, 0.2) is 0 Å². The summed E-state index contributed by atoms with van der Waals surface area (Å²) >= 11 is 12.4. The molecule has 7 nitrogen and oxygen atoms in total. The van der Waals surface area contributed by atoms with E-state index in [0.29, 0.717) is 34.2 Å². The summed E-state index contributed by atoms with van der Waals surface area (Å²) < 4.78 is 51.6. The molecule has 202 valence electrons. The van der Waals surface area contributed by atoms with E-state index in [1.165, 1.54) is 12.1 Å². The predicted molar refractivity (Wildman–Crippen MR) is 142 cm³/mol. The Balaban J connectivity index is 1.45. The van der Waals surface area contributed by atoms with Crippen LogP contribution in [0.4, 0.5) is 4.39 Å². The van der Waals surface area contributed by atoms with E-state index < -0.39 is 27.3 Å². The molecule has 37 heavy (non-hydrogen) atoms. The van der Waals surface area contributed by atoms with Gasteiger partial charge in [0.05, 0.1) is 11.8 Å². The lowest BCUT2D eigenvalue weighted by Crippen LogP contribution is -2.49. The lowest BCUT2D eigenvalue weighted by atomic mass is 9.90. The summed E-state index contributed by atoms with van der Waals surface area (Å²) in [5.74, 6) is -1.33. The maximum atomic E-state index is 14.8. The minimum atomic E-state index is -3.82. The molecule has 4 rings (SSSR count). The molecule has 1 atom stereocenters. The molecule has 0 radical (unpaired) electrons. The second kappa shape index (κ2) is 11.1. The third-order valence-electron chi connectivity index (χ3n) is 7.19. The van der Waals surface area contributed by atoms with Crippen LogP contribution in [0, 0.1) is 5.82 Å². The fourth-order valence-electron chi connectivity index (χ4n) is 4.77. The molecule has 1 N–H and O–H groups in total. The summed E-state index contributed by atoms with van der Waals surface area (Å²) in [6.45, 7) is 3.86. The number of piperidine rings is 1. The number of rotatable bonds is 9. The molecule has 1 heterocycles. The fraction of sp³-hybridized carbons (Fsp3) is 0.500. The molecule has 0 spiro atoms. The van der Waals surface area contributed by atoms with Crippen LogP contribution in [0.25, 0.3) is 0 Å². The van der Waals surface area contributed by atoms with Crippen LogP contribution in [0.2, 0.25) is 10.0 Å². The third kappa shape index (κ3) is 6.95. The maximum absolute atomic E-state index is 14.8. The third-order valence-corrected chi connectivity index (χ3v) is 8.18. The number of amides is 1. The van der Waals surface area contributed by atoms with E-state index in [2.05, 4.69) is 11.8 Å². The molecule has 2 aliphatic rings. The fourth-order valence-corrected chi connectivity index (χ4v) is 5.76. The Morgan fingerprint density at radius 1 is 1.16 bits per heavy atom. The number of likely N-dealkylation sites (tertiary alicyclic amines) is 1. The number of hydrogen-bond donors (Lipinski definition) is 1. The normalized spacial score (nSPS) is 18.9. The number of hydrogen-bond acceptors (Lipinski definition) is 6. The van der Waals surface area contributed by atoms with Gasteiger partial charge in [-0.1, -0.05) is 23.2 Å². The van der Waals surface area contributed by atoms with Gasteiger partial charge in [-0.3, -0.25) is 9.69 Å². The lowest BCUT2D eigenvalue weighted by Gasteiger charge is -2.42. The zero-order valence-corrected chi connectivity index (χ0v) is 23.4. The number of ether oxygens (including phenoxy) is 2. The first-order valence-corrected chi connectivity index (χ1v) is 14.8. The Bertz CT molecular complexity index is 1260. The molecule has 2 aromatic carbocycles. The molecule has 1 saturated heterocycles. The highest BCUT2D eigenvalue weighted by Crippen LogP contribution is 2.45. The molecule has 2 fully saturated rings. The van der Waals surface area contributed by atoms with Crippen molar-refractivity contribution in [2.24, 2.45) is 0 Å². The van der Waals surface area contributed by atoms with E-state index in [0.717, 1.165) is 37.8 Å². The number of halogens is 3. The zero-order chi connectivity index (χ0) is 27.0. The van der Waals surface area contributed by atoms with Crippen LogP contribution in [0.1, 0.15) is 66.1 Å². The topological polar surface area (TPSA) is 84.9 Å². The molecule has 0 aromatic heterocycles. The molecule has 2 aromatic rings. The molecular formula is C26H31Cl2FN2O5S. The first-order valence-electron chi connectivity index (χ1n) is 12.1. The molecular weight excluding hydrogens is 542 g/mol. The standard InChI is InChI=1S/C26H31Cl2FN2O5S/c1-16(18-10-19(27)12-20(28)11-18)31-8-6-26(35-2,7-9-31)15-36-24-14-23(29)22(13-21(24)17-4-5-17)25(32)30-37(3,33)34/h10-14,16-17H,4-9,15H2,1-3H3,(H,30,32)/t16-/m0/s1. The van der Waals surface area contributed by atoms with Crippen LogP contribution in [0.15, 0.2) is 30.3 Å². The van der Waals surface area contributed by atoms with Crippen molar-refractivity contribution in [3.63, 3.8) is 0 Å². The number of sulfonamides is 1. The minimum absolute atomic E-state index is 0.119. The van der Waals surface area contributed by atoms with Crippen molar-refractivity contribution < 1.29 is 27.1 Å². The summed E-state index contributed by atoms with van der Waals surface area (Å²) in [5, 5.41) is 1.20. The van der Waals surface area contributed by atoms with Crippen molar-refractivity contribution in [2.75, 3.05) is 33.1 Å². The maximum Gasteiger partial charge on any atom is 0.267 e. The van der Waals surface area contributed by atoms with Crippen molar-refractivity contribution in [2.45, 2.75) is 50.2 Å². The van der Waals surface area contributed by atoms with Gasteiger partial charge in [-0.2, -0.15) is 0 Å². The molecule has 1 saturated carbocycles. The number of carbonyl (C=O) groups excluding carboxylic acids is 1. The molecule has 1 aliphatic carbocycles. The first-order chi connectivity index (χ1) is 17.4. The van der Waals surface area contributed by atoms with E-state index in [9.17, 15) is 17.6 Å². The Morgan fingerprint density at radius 3 is 2.32 bits per heavy atom. The van der Waals surface area contributed by atoms with E-state index >= 15 is 0 Å². The second-order valence-electron chi connectivity index (χ2n) is 9.94. The Morgan fingerprint density at radius 2 is 1.78 bits per heavy atom. The van der Waals surface area contributed by atoms with Crippen molar-refractivity contribution in [1.82, 2.24) is 9.62 Å². The van der Waals surface area contributed by atoms with E-state index in [4.69, 9.17) is 32.7 Å². The SMILES string of the molecule is COC1(COc2cc(F)c(C(=O)NS(C)(=O)=O)cc2C2CC2)CCN([C@@H](C)c2cc(Cl)cc(Cl)c2)CC1. The van der Waals surface area contributed by atoms with Gasteiger partial charge in [0.2, 0.25) is 10.0 Å². The molecule has 1 amide bonds. The van der Waals surface area contributed by atoms with Crippen molar-refractivity contribution >= 4 is 39.1 Å². The summed E-state index contributed by atoms with van der Waals surface area (Å²) in [7, 11) is -2.16. The predicted octanol–water partition coefficient (Wildman–Crippen LogP) is 5.32. The quantitative estimate of drug-likeness (QED) is 0.437. The van der Waals surface area contributed by atoms with Crippen LogP contribution in [-0.4, -0.2) is 57.9 Å². The second-order valence-corrected chi connectivity index (χ2v) is 12.6. The van der Waals surface area contributed by atoms with Crippen LogP contribution in [0.5, 0.6) is 5.75 Å². The Kier molecular flexibility index (Phi) is 8.40. The van der Waals surface area contributed by atoms with Crippen LogP contribution < -0.4 is 9.46 Å². The summed E-state index contributed by atoms with van der Waals surface area (Å²) in [5.41, 5.74) is 0.884. The lowest BCUT2D eigenvalue weighted by molar-refractivity contribution is -0.0877. The van der Waals surface area contributed by atoms with Crippen LogP contribution >= 0.6 is 23.2 Å². The van der Waals surface area contributed by atoms with E-state index in [1.807, 2.05) is 16.9 Å². The van der Waals surface area contributed by atoms with E-state index in [-0.39, 0.29) is 24.1 Å². The van der Waals surface area contributed by atoms with Gasteiger partial charge in [0.25, 0.3) is 5.91 Å². The zero-order valence-electron chi connectivity index (χ0n) is 21.0. The summed E-state index contributed by atoms with van der Waals surface area (Å²) in [6, 6.07) is 8.26. The summed E-state index contributed by atoms with van der Waals surface area (Å²) in [4.78, 5) is 14.6. The Hall–Kier alpha value is -1.91. The molecule has 0 bridgehead atoms. The van der Waals surface area contributed by atoms with Gasteiger partial charge in [0.1, 0.15) is 23.8 Å². The average molecular weight is 574 g/mol. The van der Waals surface area contributed by atoms with Gasteiger partial charge in [-0.15, -0.1) is 0 Å². The highest BCUT2D eigenvalue weighted by Gasteiger charge is 2.38. The van der Waals surface area contributed by atoms with Gasteiger partial charge in [0, 0.05) is 42.4 Å². The number of benzene rings is 2. The van der Waals surface area contributed by atoms with Gasteiger partial charge >= 0.3 is 0 Å². The largest absolute Gasteiger partial charge is 0.490 e. The molecule has 0 unspecified atom stereocenters. The number of nitrogens with zero attached hydrogens (tertiary/aromatic N) is 1. The van der Waals surface area contributed by atoms with Crippen molar-refractivity contribution in [3.05, 3.63) is 62.9 Å². The van der Waals surface area contributed by atoms with Crippen molar-refractivity contribution in [3.8, 4) is 5.75 Å². The van der Waals surface area contributed by atoms with Crippen LogP contribution in [-0.2, 0) is 14.8 Å². The minimum Gasteiger partial charge on any atom is -0.490 e. The molecule has 1 aliphatic heterocycles. The monoisotopic (exact) mass is 572 g/mol. The highest BCUT2D eigenvalue weighted by atomic mass is 35.5. The van der Waals surface area contributed by atoms with Gasteiger partial charge in [-0.25, -0.2) is 17.5 Å². The smallest absolute Gasteiger partial charge is 0.267 e. The van der Waals surface area contributed by atoms with Crippen LogP contribution in [0.3, 0.4) is 0 Å². The van der Waals surface area contributed by atoms with Gasteiger partial charge < -0.3 is 9.47 Å². The van der Waals surface area contributed by atoms with Gasteiger partial charge in [-0.05, 0) is 73.9 Å². The molecule has 11 heteroatoms. The summed E-state index contributed by atoms with van der Waals surface area (Å²) in [6.07, 6.45) is 4.05. The number of carbonyl (C=O) groups is 1. The van der Waals surface area contributed by atoms with E-state index in [1.54, 1.807) is 13.2 Å². The average Bonchev–Trinajstić information content (AvgIpc) is 3.66.